The van der Waals surface area contributed by atoms with Gasteiger partial charge in [0.1, 0.15) is 16.6 Å². The van der Waals surface area contributed by atoms with Gasteiger partial charge in [-0.2, -0.15) is 0 Å². The van der Waals surface area contributed by atoms with Crippen molar-refractivity contribution < 1.29 is 14.3 Å². The van der Waals surface area contributed by atoms with E-state index in [1.807, 2.05) is 0 Å². The van der Waals surface area contributed by atoms with Crippen LogP contribution in [0.15, 0.2) is 36.7 Å². The Bertz CT molecular complexity index is 691. The van der Waals surface area contributed by atoms with Crippen molar-refractivity contribution >= 4 is 28.8 Å². The number of halogens is 1. The van der Waals surface area contributed by atoms with Crippen molar-refractivity contribution in [3.05, 3.63) is 53.6 Å². The molecular weight excluding hydrogens is 281 g/mol. The van der Waals surface area contributed by atoms with Crippen molar-refractivity contribution in [2.75, 3.05) is 5.32 Å². The summed E-state index contributed by atoms with van der Waals surface area (Å²) in [6, 6.07) is 5.21. The zero-order valence-corrected chi connectivity index (χ0v) is 10.9. The largest absolute Gasteiger partial charge is 0.505 e. The summed E-state index contributed by atoms with van der Waals surface area (Å²) in [5.41, 5.74) is 5.79. The van der Waals surface area contributed by atoms with Crippen molar-refractivity contribution in [2.45, 2.75) is 0 Å². The summed E-state index contributed by atoms with van der Waals surface area (Å²) in [5.74, 6) is -1.37. The van der Waals surface area contributed by atoms with Gasteiger partial charge in [-0.25, -0.2) is 4.39 Å². The number of nitrogens with zero attached hydrogens (tertiary/aromatic N) is 1. The summed E-state index contributed by atoms with van der Waals surface area (Å²) in [6.07, 6.45) is 2.53. The Balaban J connectivity index is 2.27. The summed E-state index contributed by atoms with van der Waals surface area (Å²) in [7, 11) is 0. The minimum Gasteiger partial charge on any atom is -0.505 e. The fraction of sp³-hybridized carbons (Fsp3) is 0. The number of aromatic nitrogens is 1. The van der Waals surface area contributed by atoms with Crippen LogP contribution < -0.4 is 11.1 Å². The van der Waals surface area contributed by atoms with E-state index in [4.69, 9.17) is 18.0 Å². The minimum absolute atomic E-state index is 0.0387. The van der Waals surface area contributed by atoms with Crippen LogP contribution in [0.3, 0.4) is 0 Å². The summed E-state index contributed by atoms with van der Waals surface area (Å²) >= 11 is 4.71. The molecule has 0 unspecified atom stereocenters. The second kappa shape index (κ2) is 5.62. The van der Waals surface area contributed by atoms with Gasteiger partial charge in [-0.1, -0.05) is 12.2 Å². The van der Waals surface area contributed by atoms with Crippen molar-refractivity contribution in [2.24, 2.45) is 5.73 Å². The van der Waals surface area contributed by atoms with Gasteiger partial charge >= 0.3 is 0 Å². The number of rotatable bonds is 3. The molecule has 0 saturated carbocycles. The number of carbonyl (C=O) groups excluding carboxylic acids is 1. The molecule has 0 saturated heterocycles. The van der Waals surface area contributed by atoms with E-state index in [9.17, 15) is 14.3 Å². The number of pyridine rings is 1. The first kappa shape index (κ1) is 13.9. The number of nitrogens with two attached hydrogens (primary N) is 1. The Morgan fingerprint density at radius 1 is 1.35 bits per heavy atom. The fourth-order valence-electron chi connectivity index (χ4n) is 1.57. The van der Waals surface area contributed by atoms with Gasteiger partial charge in [0, 0.05) is 17.4 Å². The molecule has 0 radical (unpaired) electrons. The predicted octanol–water partition coefficient (Wildman–Crippen LogP) is 1.81. The average molecular weight is 291 g/mol. The van der Waals surface area contributed by atoms with Crippen LogP contribution in [0.1, 0.15) is 15.9 Å². The van der Waals surface area contributed by atoms with Crippen LogP contribution in [0.4, 0.5) is 10.1 Å². The van der Waals surface area contributed by atoms with Gasteiger partial charge in [0.15, 0.2) is 0 Å². The Hall–Kier alpha value is -2.54. The molecule has 0 bridgehead atoms. The highest BCUT2D eigenvalue weighted by molar-refractivity contribution is 7.80. The van der Waals surface area contributed by atoms with E-state index >= 15 is 0 Å². The van der Waals surface area contributed by atoms with E-state index in [-0.39, 0.29) is 21.9 Å². The molecule has 102 valence electrons. The molecule has 2 aromatic rings. The number of benzene rings is 1. The first-order valence-corrected chi connectivity index (χ1v) is 5.93. The van der Waals surface area contributed by atoms with Crippen LogP contribution >= 0.6 is 12.2 Å². The lowest BCUT2D eigenvalue weighted by Gasteiger charge is -2.08. The van der Waals surface area contributed by atoms with E-state index in [1.165, 1.54) is 24.4 Å². The zero-order valence-electron chi connectivity index (χ0n) is 10.1. The van der Waals surface area contributed by atoms with Crippen molar-refractivity contribution in [1.82, 2.24) is 4.98 Å². The number of thiocarbonyl (C=S) groups is 1. The molecule has 1 heterocycles. The van der Waals surface area contributed by atoms with Gasteiger partial charge in [-0.15, -0.1) is 0 Å². The lowest BCUT2D eigenvalue weighted by Crippen LogP contribution is -2.15. The third-order valence-corrected chi connectivity index (χ3v) is 2.75. The maximum atomic E-state index is 13.4. The Labute approximate surface area is 119 Å². The molecule has 0 aliphatic carbocycles. The van der Waals surface area contributed by atoms with Crippen LogP contribution in [-0.2, 0) is 0 Å². The van der Waals surface area contributed by atoms with E-state index in [0.717, 1.165) is 12.3 Å². The van der Waals surface area contributed by atoms with Crippen LogP contribution in [0.2, 0.25) is 0 Å². The Morgan fingerprint density at radius 3 is 2.75 bits per heavy atom. The second-order valence-corrected chi connectivity index (χ2v) is 4.35. The van der Waals surface area contributed by atoms with E-state index < -0.39 is 11.7 Å². The lowest BCUT2D eigenvalue weighted by molar-refractivity contribution is 0.102. The quantitative estimate of drug-likeness (QED) is 0.751. The summed E-state index contributed by atoms with van der Waals surface area (Å²) < 4.78 is 13.4. The van der Waals surface area contributed by atoms with E-state index in [0.29, 0.717) is 5.69 Å². The first-order valence-electron chi connectivity index (χ1n) is 5.52. The smallest absolute Gasteiger partial charge is 0.259 e. The number of aromatic hydroxyl groups is 1. The summed E-state index contributed by atoms with van der Waals surface area (Å²) in [5, 5.41) is 12.0. The molecule has 0 spiro atoms. The maximum absolute atomic E-state index is 13.4. The van der Waals surface area contributed by atoms with Crippen molar-refractivity contribution in [3.63, 3.8) is 0 Å². The van der Waals surface area contributed by atoms with E-state index in [1.54, 1.807) is 0 Å². The standard InChI is InChI=1S/C13H10FN3O2S/c14-10-2-1-7(5-9(10)12(15)20)17-13(19)8-3-4-16-6-11(8)18/h1-6,18H,(H2,15,20)(H,17,19). The molecule has 0 aliphatic rings. The summed E-state index contributed by atoms with van der Waals surface area (Å²) in [4.78, 5) is 15.5. The Kier molecular flexibility index (Phi) is 3.90. The monoisotopic (exact) mass is 291 g/mol. The van der Waals surface area contributed by atoms with E-state index in [2.05, 4.69) is 10.3 Å². The van der Waals surface area contributed by atoms with Crippen LogP contribution in [0.25, 0.3) is 0 Å². The molecule has 7 heteroatoms. The third-order valence-electron chi connectivity index (χ3n) is 2.53. The number of amides is 1. The average Bonchev–Trinajstić information content (AvgIpc) is 2.41. The normalized spacial score (nSPS) is 10.1. The first-order chi connectivity index (χ1) is 9.49. The molecule has 1 aromatic carbocycles. The molecule has 0 fully saturated rings. The zero-order chi connectivity index (χ0) is 14.7. The molecule has 20 heavy (non-hydrogen) atoms. The van der Waals surface area contributed by atoms with Crippen LogP contribution in [0, 0.1) is 5.82 Å². The predicted molar refractivity (Wildman–Crippen MR) is 76.1 cm³/mol. The SMILES string of the molecule is NC(=S)c1cc(NC(=O)c2ccncc2O)ccc1F. The molecule has 2 rings (SSSR count). The number of nitrogens with one attached hydrogen (secondary N) is 1. The number of hydrogen-bond acceptors (Lipinski definition) is 4. The lowest BCUT2D eigenvalue weighted by atomic mass is 10.1. The Morgan fingerprint density at radius 2 is 2.10 bits per heavy atom. The molecule has 5 nitrogen and oxygen atoms in total. The number of anilines is 1. The van der Waals surface area contributed by atoms with Gasteiger partial charge in [0.25, 0.3) is 5.91 Å². The van der Waals surface area contributed by atoms with Crippen LogP contribution in [-0.4, -0.2) is 21.0 Å². The molecule has 1 aromatic heterocycles. The highest BCUT2D eigenvalue weighted by Gasteiger charge is 2.12. The van der Waals surface area contributed by atoms with Gasteiger partial charge in [-0.05, 0) is 24.3 Å². The maximum Gasteiger partial charge on any atom is 0.259 e. The summed E-state index contributed by atoms with van der Waals surface area (Å²) in [6.45, 7) is 0. The molecule has 0 aliphatic heterocycles. The van der Waals surface area contributed by atoms with Gasteiger partial charge in [-0.3, -0.25) is 9.78 Å². The number of hydrogen-bond donors (Lipinski definition) is 3. The van der Waals surface area contributed by atoms with Gasteiger partial charge < -0.3 is 16.2 Å². The van der Waals surface area contributed by atoms with Crippen molar-refractivity contribution in [1.29, 1.82) is 0 Å². The fourth-order valence-corrected chi connectivity index (χ4v) is 1.72. The van der Waals surface area contributed by atoms with Crippen molar-refractivity contribution in [3.8, 4) is 5.75 Å². The topological polar surface area (TPSA) is 88.2 Å². The van der Waals surface area contributed by atoms with Gasteiger partial charge in [0.2, 0.25) is 0 Å². The van der Waals surface area contributed by atoms with Crippen LogP contribution in [0.5, 0.6) is 5.75 Å². The molecule has 0 atom stereocenters. The minimum atomic E-state index is -0.567. The van der Waals surface area contributed by atoms with Gasteiger partial charge in [0.05, 0.1) is 11.8 Å². The second-order valence-electron chi connectivity index (χ2n) is 3.91. The highest BCUT2D eigenvalue weighted by atomic mass is 32.1. The molecule has 4 N–H and O–H groups in total. The molecular formula is C13H10FN3O2S. The molecule has 1 amide bonds. The third kappa shape index (κ3) is 2.89. The number of carbonyl (C=O) groups is 1. The highest BCUT2D eigenvalue weighted by Crippen LogP contribution is 2.18.